The first-order valence-electron chi connectivity index (χ1n) is 5.43. The van der Waals surface area contributed by atoms with Crippen LogP contribution in [0.3, 0.4) is 0 Å². The van der Waals surface area contributed by atoms with Gasteiger partial charge in [0.05, 0.1) is 5.75 Å². The zero-order valence-electron chi connectivity index (χ0n) is 8.71. The second-order valence-corrected chi connectivity index (χ2v) is 7.22. The summed E-state index contributed by atoms with van der Waals surface area (Å²) in [6.07, 6.45) is 6.92. The van der Waals surface area contributed by atoms with Crippen LogP contribution in [0.4, 0.5) is 0 Å². The number of halogens is 1. The second-order valence-electron chi connectivity index (χ2n) is 4.33. The molecule has 2 nitrogen and oxygen atoms in total. The van der Waals surface area contributed by atoms with Crippen molar-refractivity contribution in [1.82, 2.24) is 0 Å². The van der Waals surface area contributed by atoms with Crippen molar-refractivity contribution in [2.24, 2.45) is 11.8 Å². The molecule has 14 heavy (non-hydrogen) atoms. The van der Waals surface area contributed by atoms with Crippen molar-refractivity contribution in [3.63, 3.8) is 0 Å². The molecule has 0 unspecified atom stereocenters. The Balaban J connectivity index is 2.23. The van der Waals surface area contributed by atoms with Gasteiger partial charge < -0.3 is 0 Å². The predicted octanol–water partition coefficient (Wildman–Crippen LogP) is 3.16. The lowest BCUT2D eigenvalue weighted by Gasteiger charge is -2.27. The molecule has 0 bridgehead atoms. The van der Waals surface area contributed by atoms with E-state index in [1.807, 2.05) is 0 Å². The molecule has 0 aromatic carbocycles. The third-order valence-corrected chi connectivity index (χ3v) is 4.50. The Hall–Kier alpha value is 0.240. The highest BCUT2D eigenvalue weighted by atomic mass is 35.7. The molecule has 0 spiro atoms. The van der Waals surface area contributed by atoms with Crippen LogP contribution in [0.1, 0.15) is 45.4 Å². The third-order valence-electron chi connectivity index (χ3n) is 3.31. The Morgan fingerprint density at radius 3 is 2.07 bits per heavy atom. The number of hydrogen-bond donors (Lipinski definition) is 0. The fraction of sp³-hybridized carbons (Fsp3) is 1.00. The SMILES string of the molecule is CCC1CCC(CCS(=O)(=O)Cl)CC1. The van der Waals surface area contributed by atoms with Gasteiger partial charge in [0.1, 0.15) is 0 Å². The molecule has 0 radical (unpaired) electrons. The van der Waals surface area contributed by atoms with E-state index in [2.05, 4.69) is 6.92 Å². The molecule has 1 aliphatic rings. The smallest absolute Gasteiger partial charge is 0.212 e. The normalized spacial score (nSPS) is 29.0. The van der Waals surface area contributed by atoms with E-state index < -0.39 is 9.05 Å². The Bertz CT molecular complexity index is 253. The van der Waals surface area contributed by atoms with Gasteiger partial charge in [0.25, 0.3) is 0 Å². The van der Waals surface area contributed by atoms with Crippen LogP contribution in [0.15, 0.2) is 0 Å². The largest absolute Gasteiger partial charge is 0.232 e. The lowest BCUT2D eigenvalue weighted by atomic mass is 9.80. The molecule has 0 atom stereocenters. The van der Waals surface area contributed by atoms with E-state index in [9.17, 15) is 8.42 Å². The maximum absolute atomic E-state index is 10.8. The Kier molecular flexibility index (Phi) is 4.71. The summed E-state index contributed by atoms with van der Waals surface area (Å²) in [5, 5.41) is 0. The molecule has 1 rings (SSSR count). The average Bonchev–Trinajstić information content (AvgIpc) is 2.14. The summed E-state index contributed by atoms with van der Waals surface area (Å²) in [5.74, 6) is 1.61. The van der Waals surface area contributed by atoms with Gasteiger partial charge in [0.15, 0.2) is 0 Å². The van der Waals surface area contributed by atoms with Gasteiger partial charge in [0, 0.05) is 10.7 Å². The summed E-state index contributed by atoms with van der Waals surface area (Å²) in [6, 6.07) is 0. The predicted molar refractivity (Wildman–Crippen MR) is 60.0 cm³/mol. The third kappa shape index (κ3) is 4.65. The molecule has 84 valence electrons. The molecule has 0 aliphatic heterocycles. The summed E-state index contributed by atoms with van der Waals surface area (Å²) in [7, 11) is 1.91. The molecular weight excluding hydrogens is 220 g/mol. The van der Waals surface area contributed by atoms with Crippen molar-refractivity contribution < 1.29 is 8.42 Å². The van der Waals surface area contributed by atoms with E-state index in [0.717, 1.165) is 12.3 Å². The fourth-order valence-corrected chi connectivity index (χ4v) is 3.12. The van der Waals surface area contributed by atoms with Crippen LogP contribution < -0.4 is 0 Å². The van der Waals surface area contributed by atoms with Crippen molar-refractivity contribution in [2.45, 2.75) is 45.4 Å². The summed E-state index contributed by atoms with van der Waals surface area (Å²) in [5.41, 5.74) is 0. The van der Waals surface area contributed by atoms with Gasteiger partial charge in [-0.2, -0.15) is 0 Å². The first kappa shape index (κ1) is 12.3. The zero-order chi connectivity index (χ0) is 10.6. The van der Waals surface area contributed by atoms with Gasteiger partial charge in [-0.15, -0.1) is 0 Å². The van der Waals surface area contributed by atoms with Gasteiger partial charge in [-0.1, -0.05) is 39.0 Å². The lowest BCUT2D eigenvalue weighted by Crippen LogP contribution is -2.16. The quantitative estimate of drug-likeness (QED) is 0.705. The summed E-state index contributed by atoms with van der Waals surface area (Å²) in [4.78, 5) is 0. The Labute approximate surface area is 91.5 Å². The second kappa shape index (κ2) is 5.36. The topological polar surface area (TPSA) is 34.1 Å². The van der Waals surface area contributed by atoms with Crippen LogP contribution in [0.5, 0.6) is 0 Å². The van der Waals surface area contributed by atoms with E-state index in [1.54, 1.807) is 0 Å². The molecule has 0 aromatic rings. The zero-order valence-corrected chi connectivity index (χ0v) is 10.3. The van der Waals surface area contributed by atoms with Gasteiger partial charge in [-0.05, 0) is 18.3 Å². The molecule has 0 heterocycles. The maximum Gasteiger partial charge on any atom is 0.232 e. The van der Waals surface area contributed by atoms with Crippen molar-refractivity contribution in [1.29, 1.82) is 0 Å². The minimum atomic E-state index is -3.27. The summed E-state index contributed by atoms with van der Waals surface area (Å²) >= 11 is 0. The molecular formula is C10H19ClO2S. The maximum atomic E-state index is 10.8. The minimum Gasteiger partial charge on any atom is -0.212 e. The van der Waals surface area contributed by atoms with Crippen molar-refractivity contribution in [3.05, 3.63) is 0 Å². The van der Waals surface area contributed by atoms with Gasteiger partial charge in [-0.3, -0.25) is 0 Å². The van der Waals surface area contributed by atoms with Gasteiger partial charge in [-0.25, -0.2) is 8.42 Å². The van der Waals surface area contributed by atoms with E-state index >= 15 is 0 Å². The molecule has 0 aromatic heterocycles. The first-order chi connectivity index (χ1) is 6.51. The molecule has 0 amide bonds. The van der Waals surface area contributed by atoms with Crippen LogP contribution in [0.2, 0.25) is 0 Å². The fourth-order valence-electron chi connectivity index (χ4n) is 2.24. The lowest BCUT2D eigenvalue weighted by molar-refractivity contribution is 0.265. The van der Waals surface area contributed by atoms with E-state index in [1.165, 1.54) is 32.1 Å². The monoisotopic (exact) mass is 238 g/mol. The Morgan fingerprint density at radius 1 is 1.14 bits per heavy atom. The molecule has 4 heteroatoms. The molecule has 1 saturated carbocycles. The van der Waals surface area contributed by atoms with Crippen molar-refractivity contribution >= 4 is 19.7 Å². The van der Waals surface area contributed by atoms with Crippen LogP contribution >= 0.6 is 10.7 Å². The van der Waals surface area contributed by atoms with Crippen LogP contribution in [0.25, 0.3) is 0 Å². The summed E-state index contributed by atoms with van der Waals surface area (Å²) < 4.78 is 21.5. The van der Waals surface area contributed by atoms with Crippen molar-refractivity contribution in [3.8, 4) is 0 Å². The molecule has 1 aliphatic carbocycles. The van der Waals surface area contributed by atoms with Gasteiger partial charge >= 0.3 is 0 Å². The Morgan fingerprint density at radius 2 is 1.64 bits per heavy atom. The van der Waals surface area contributed by atoms with E-state index in [-0.39, 0.29) is 5.75 Å². The first-order valence-corrected chi connectivity index (χ1v) is 7.91. The van der Waals surface area contributed by atoms with Gasteiger partial charge in [0.2, 0.25) is 9.05 Å². The standard InChI is InChI=1S/C10H19ClO2S/c1-2-9-3-5-10(6-4-9)7-8-14(11,12)13/h9-10H,2-8H2,1H3. The highest BCUT2D eigenvalue weighted by Crippen LogP contribution is 2.32. The molecule has 0 saturated heterocycles. The highest BCUT2D eigenvalue weighted by Gasteiger charge is 2.21. The van der Waals surface area contributed by atoms with Crippen LogP contribution in [0, 0.1) is 11.8 Å². The molecule has 1 fully saturated rings. The van der Waals surface area contributed by atoms with Crippen LogP contribution in [-0.2, 0) is 9.05 Å². The van der Waals surface area contributed by atoms with Crippen LogP contribution in [-0.4, -0.2) is 14.2 Å². The molecule has 0 N–H and O–H groups in total. The van der Waals surface area contributed by atoms with Crippen molar-refractivity contribution in [2.75, 3.05) is 5.75 Å². The summed E-state index contributed by atoms with van der Waals surface area (Å²) in [6.45, 7) is 2.23. The van der Waals surface area contributed by atoms with E-state index in [0.29, 0.717) is 5.92 Å². The van der Waals surface area contributed by atoms with E-state index in [4.69, 9.17) is 10.7 Å². The average molecular weight is 239 g/mol. The number of rotatable bonds is 4. The minimum absolute atomic E-state index is 0.149. The highest BCUT2D eigenvalue weighted by molar-refractivity contribution is 8.13. The number of hydrogen-bond acceptors (Lipinski definition) is 2.